The van der Waals surface area contributed by atoms with E-state index in [9.17, 15) is 4.79 Å². The number of pyridine rings is 1. The second-order valence-electron chi connectivity index (χ2n) is 5.19. The fourth-order valence-electron chi connectivity index (χ4n) is 2.69. The number of benzene rings is 1. The van der Waals surface area contributed by atoms with Crippen LogP contribution in [0.3, 0.4) is 0 Å². The van der Waals surface area contributed by atoms with Crippen molar-refractivity contribution in [2.24, 2.45) is 10.1 Å². The topological polar surface area (TPSA) is 70.0 Å². The van der Waals surface area contributed by atoms with Crippen LogP contribution < -0.4 is 10.3 Å². The predicted molar refractivity (Wildman–Crippen MR) is 91.8 cm³/mol. The zero-order valence-electron chi connectivity index (χ0n) is 12.0. The predicted octanol–water partition coefficient (Wildman–Crippen LogP) is 1.94. The Morgan fingerprint density at radius 2 is 2.13 bits per heavy atom. The van der Waals surface area contributed by atoms with E-state index in [2.05, 4.69) is 31.4 Å². The maximum absolute atomic E-state index is 11.7. The molecule has 0 spiro atoms. The fraction of sp³-hybridized carbons (Fsp3) is 0.125. The molecule has 0 saturated heterocycles. The molecule has 3 heterocycles. The molecule has 2 aliphatic heterocycles. The molecule has 1 aromatic heterocycles. The number of anilines is 1. The number of carbonyl (C=O) groups is 1. The van der Waals surface area contributed by atoms with Crippen molar-refractivity contribution in [2.75, 3.05) is 18.0 Å². The molecular weight excluding hydrogens is 358 g/mol. The number of amidine groups is 1. The van der Waals surface area contributed by atoms with Gasteiger partial charge in [0.2, 0.25) is 0 Å². The zero-order chi connectivity index (χ0) is 15.8. The van der Waals surface area contributed by atoms with Crippen LogP contribution in [-0.4, -0.2) is 35.5 Å². The normalized spacial score (nSPS) is 16.6. The van der Waals surface area contributed by atoms with Gasteiger partial charge in [0.1, 0.15) is 6.54 Å². The lowest BCUT2D eigenvalue weighted by Crippen LogP contribution is -2.46. The molecule has 0 unspecified atom stereocenters. The number of aliphatic imine (C=N–C) groups is 1. The lowest BCUT2D eigenvalue weighted by Gasteiger charge is -2.27. The van der Waals surface area contributed by atoms with Gasteiger partial charge in [0, 0.05) is 16.2 Å². The highest BCUT2D eigenvalue weighted by atomic mass is 79.9. The van der Waals surface area contributed by atoms with Gasteiger partial charge in [-0.1, -0.05) is 22.0 Å². The van der Waals surface area contributed by atoms with Crippen molar-refractivity contribution in [3.63, 3.8) is 0 Å². The summed E-state index contributed by atoms with van der Waals surface area (Å²) in [6, 6.07) is 11.7. The monoisotopic (exact) mass is 369 g/mol. The summed E-state index contributed by atoms with van der Waals surface area (Å²) in [7, 11) is 0. The summed E-state index contributed by atoms with van der Waals surface area (Å²) >= 11 is 3.51. The van der Waals surface area contributed by atoms with Crippen LogP contribution in [0.15, 0.2) is 57.2 Å². The number of hydrogen-bond donors (Lipinski definition) is 1. The fourth-order valence-corrected chi connectivity index (χ4v) is 3.05. The summed E-state index contributed by atoms with van der Waals surface area (Å²) in [4.78, 5) is 22.8. The molecule has 0 saturated carbocycles. The van der Waals surface area contributed by atoms with Crippen LogP contribution in [-0.2, 0) is 4.79 Å². The average Bonchev–Trinajstić information content (AvgIpc) is 2.72. The van der Waals surface area contributed by atoms with Crippen molar-refractivity contribution in [1.29, 1.82) is 0 Å². The van der Waals surface area contributed by atoms with E-state index >= 15 is 0 Å². The summed E-state index contributed by atoms with van der Waals surface area (Å²) in [5.41, 5.74) is 5.95. The van der Waals surface area contributed by atoms with Crippen LogP contribution in [0.2, 0.25) is 0 Å². The SMILES string of the molecule is O=C1CN2C(=NN1)CN=C(c1ccccn1)c1cc(Br)ccc12. The quantitative estimate of drug-likeness (QED) is 0.834. The highest BCUT2D eigenvalue weighted by Crippen LogP contribution is 2.30. The van der Waals surface area contributed by atoms with E-state index in [0.717, 1.165) is 33.0 Å². The van der Waals surface area contributed by atoms with Crippen molar-refractivity contribution in [3.8, 4) is 0 Å². The van der Waals surface area contributed by atoms with E-state index in [4.69, 9.17) is 4.99 Å². The number of carbonyl (C=O) groups excluding carboxylic acids is 1. The van der Waals surface area contributed by atoms with Gasteiger partial charge in [-0.3, -0.25) is 14.8 Å². The Morgan fingerprint density at radius 3 is 2.96 bits per heavy atom. The van der Waals surface area contributed by atoms with E-state index in [1.54, 1.807) is 6.20 Å². The number of aromatic nitrogens is 1. The molecule has 0 atom stereocenters. The van der Waals surface area contributed by atoms with E-state index in [1.807, 2.05) is 41.3 Å². The number of halogens is 1. The number of hydrogen-bond acceptors (Lipinski definition) is 5. The second kappa shape index (κ2) is 5.58. The molecule has 23 heavy (non-hydrogen) atoms. The minimum Gasteiger partial charge on any atom is -0.317 e. The van der Waals surface area contributed by atoms with E-state index < -0.39 is 0 Å². The molecule has 0 aliphatic carbocycles. The van der Waals surface area contributed by atoms with Gasteiger partial charge in [0.05, 0.1) is 23.6 Å². The Kier molecular flexibility index (Phi) is 3.42. The highest BCUT2D eigenvalue weighted by molar-refractivity contribution is 9.10. The summed E-state index contributed by atoms with van der Waals surface area (Å²) in [6.45, 7) is 0.622. The Balaban J connectivity index is 1.93. The lowest BCUT2D eigenvalue weighted by atomic mass is 10.0. The van der Waals surface area contributed by atoms with Gasteiger partial charge < -0.3 is 4.90 Å². The zero-order valence-corrected chi connectivity index (χ0v) is 13.6. The number of nitrogens with zero attached hydrogens (tertiary/aromatic N) is 4. The molecule has 6 nitrogen and oxygen atoms in total. The Morgan fingerprint density at radius 1 is 1.22 bits per heavy atom. The van der Waals surface area contributed by atoms with Gasteiger partial charge >= 0.3 is 0 Å². The first-order valence-corrected chi connectivity index (χ1v) is 7.90. The summed E-state index contributed by atoms with van der Waals surface area (Å²) in [5.74, 6) is 0.586. The molecule has 1 amide bonds. The standard InChI is InChI=1S/C16H12BrN5O/c17-10-4-5-13-11(7-10)16(12-3-1-2-6-18-12)19-8-14-20-21-15(23)9-22(13)14/h1-7H,8-9H2,(H,21,23). The Hall–Kier alpha value is -2.54. The van der Waals surface area contributed by atoms with Crippen molar-refractivity contribution in [1.82, 2.24) is 10.4 Å². The van der Waals surface area contributed by atoms with E-state index in [1.165, 1.54) is 0 Å². The van der Waals surface area contributed by atoms with Gasteiger partial charge in [0.25, 0.3) is 5.91 Å². The van der Waals surface area contributed by atoms with Crippen LogP contribution in [0, 0.1) is 0 Å². The minimum atomic E-state index is -0.135. The van der Waals surface area contributed by atoms with Crippen molar-refractivity contribution < 1.29 is 4.79 Å². The largest absolute Gasteiger partial charge is 0.317 e. The van der Waals surface area contributed by atoms with E-state index in [0.29, 0.717) is 6.54 Å². The maximum Gasteiger partial charge on any atom is 0.260 e. The van der Waals surface area contributed by atoms with Crippen molar-refractivity contribution >= 4 is 39.1 Å². The van der Waals surface area contributed by atoms with Gasteiger partial charge in [-0.25, -0.2) is 5.43 Å². The third-order valence-corrected chi connectivity index (χ3v) is 4.21. The van der Waals surface area contributed by atoms with Gasteiger partial charge in [0.15, 0.2) is 5.84 Å². The molecule has 1 aromatic carbocycles. The minimum absolute atomic E-state index is 0.135. The van der Waals surface area contributed by atoms with E-state index in [-0.39, 0.29) is 12.5 Å². The summed E-state index contributed by atoms with van der Waals surface area (Å²) in [6.07, 6.45) is 1.75. The molecule has 7 heteroatoms. The van der Waals surface area contributed by atoms with Gasteiger partial charge in [-0.2, -0.15) is 5.10 Å². The summed E-state index contributed by atoms with van der Waals surface area (Å²) in [5, 5.41) is 4.15. The molecule has 0 bridgehead atoms. The first-order chi connectivity index (χ1) is 11.2. The van der Waals surface area contributed by atoms with Crippen LogP contribution >= 0.6 is 15.9 Å². The Bertz CT molecular complexity index is 847. The number of amides is 1. The van der Waals surface area contributed by atoms with Crippen molar-refractivity contribution in [2.45, 2.75) is 0 Å². The number of nitrogens with one attached hydrogen (secondary N) is 1. The molecule has 4 rings (SSSR count). The molecule has 114 valence electrons. The van der Waals surface area contributed by atoms with Gasteiger partial charge in [-0.05, 0) is 30.3 Å². The molecule has 1 N–H and O–H groups in total. The lowest BCUT2D eigenvalue weighted by molar-refractivity contribution is -0.119. The molecule has 0 fully saturated rings. The third kappa shape index (κ3) is 2.53. The Labute approximate surface area is 141 Å². The molecule has 2 aromatic rings. The van der Waals surface area contributed by atoms with Crippen LogP contribution in [0.1, 0.15) is 11.3 Å². The smallest absolute Gasteiger partial charge is 0.260 e. The maximum atomic E-state index is 11.7. The van der Waals surface area contributed by atoms with Gasteiger partial charge in [-0.15, -0.1) is 0 Å². The average molecular weight is 370 g/mol. The first-order valence-electron chi connectivity index (χ1n) is 7.11. The number of hydrazone groups is 1. The summed E-state index contributed by atoms with van der Waals surface area (Å²) < 4.78 is 0.946. The molecular formula is C16H12BrN5O. The highest BCUT2D eigenvalue weighted by Gasteiger charge is 2.28. The first kappa shape index (κ1) is 14.1. The molecule has 2 aliphatic rings. The second-order valence-corrected chi connectivity index (χ2v) is 6.11. The third-order valence-electron chi connectivity index (χ3n) is 3.71. The van der Waals surface area contributed by atoms with Crippen LogP contribution in [0.25, 0.3) is 0 Å². The molecule has 0 radical (unpaired) electrons. The van der Waals surface area contributed by atoms with Crippen LogP contribution in [0.5, 0.6) is 0 Å². The number of rotatable bonds is 1. The van der Waals surface area contributed by atoms with Crippen LogP contribution in [0.4, 0.5) is 5.69 Å². The van der Waals surface area contributed by atoms with Crippen molar-refractivity contribution in [3.05, 3.63) is 58.3 Å². The number of fused-ring (bicyclic) bond motifs is 3.